The molecule has 94 valence electrons. The summed E-state index contributed by atoms with van der Waals surface area (Å²) in [6.07, 6.45) is 0. The fourth-order valence-electron chi connectivity index (χ4n) is 1.81. The molecule has 1 unspecified atom stereocenters. The molecule has 0 radical (unpaired) electrons. The van der Waals surface area contributed by atoms with E-state index >= 15 is 0 Å². The van der Waals surface area contributed by atoms with E-state index in [1.165, 1.54) is 0 Å². The first-order valence-corrected chi connectivity index (χ1v) is 7.05. The van der Waals surface area contributed by atoms with Gasteiger partial charge < -0.3 is 5.73 Å². The Morgan fingerprint density at radius 2 is 1.78 bits per heavy atom. The largest absolute Gasteiger partial charge is 0.320 e. The number of nitrogens with two attached hydrogens (primary N) is 1. The standard InChI is InChI=1S/C14H12Br2FN/c1-8-5-6-9(12(16)7-8)14(18)10-3-2-4-11(15)13(10)17/h2-7,14H,18H2,1H3. The third-order valence-corrected chi connectivity index (χ3v) is 4.11. The molecule has 0 aliphatic carbocycles. The van der Waals surface area contributed by atoms with Crippen LogP contribution in [0.3, 0.4) is 0 Å². The van der Waals surface area contributed by atoms with Gasteiger partial charge in [0.1, 0.15) is 5.82 Å². The first-order chi connectivity index (χ1) is 8.50. The minimum absolute atomic E-state index is 0.308. The fraction of sp³-hybridized carbons (Fsp3) is 0.143. The van der Waals surface area contributed by atoms with Gasteiger partial charge in [0.25, 0.3) is 0 Å². The van der Waals surface area contributed by atoms with E-state index in [4.69, 9.17) is 5.73 Å². The lowest BCUT2D eigenvalue weighted by molar-refractivity contribution is 0.593. The van der Waals surface area contributed by atoms with Crippen molar-refractivity contribution in [3.05, 3.63) is 67.9 Å². The smallest absolute Gasteiger partial charge is 0.142 e. The van der Waals surface area contributed by atoms with Crippen molar-refractivity contribution >= 4 is 31.9 Å². The Kier molecular flexibility index (Phi) is 4.20. The second-order valence-corrected chi connectivity index (χ2v) is 5.85. The van der Waals surface area contributed by atoms with Gasteiger partial charge in [-0.1, -0.05) is 40.2 Å². The maximum Gasteiger partial charge on any atom is 0.142 e. The third kappa shape index (κ3) is 2.66. The number of hydrogen-bond donors (Lipinski definition) is 1. The van der Waals surface area contributed by atoms with E-state index in [-0.39, 0.29) is 5.82 Å². The Morgan fingerprint density at radius 3 is 2.44 bits per heavy atom. The molecule has 1 nitrogen and oxygen atoms in total. The number of benzene rings is 2. The maximum atomic E-state index is 14.0. The summed E-state index contributed by atoms with van der Waals surface area (Å²) in [6, 6.07) is 10.5. The summed E-state index contributed by atoms with van der Waals surface area (Å²) < 4.78 is 15.3. The van der Waals surface area contributed by atoms with Gasteiger partial charge in [0.15, 0.2) is 0 Å². The summed E-state index contributed by atoms with van der Waals surface area (Å²) in [5.74, 6) is -0.308. The zero-order chi connectivity index (χ0) is 13.3. The average molecular weight is 373 g/mol. The molecule has 1 atom stereocenters. The molecular formula is C14H12Br2FN. The molecule has 0 bridgehead atoms. The van der Waals surface area contributed by atoms with E-state index in [1.807, 2.05) is 25.1 Å². The zero-order valence-electron chi connectivity index (χ0n) is 9.75. The van der Waals surface area contributed by atoms with E-state index in [2.05, 4.69) is 31.9 Å². The highest BCUT2D eigenvalue weighted by molar-refractivity contribution is 9.10. The maximum absolute atomic E-state index is 14.0. The second-order valence-electron chi connectivity index (χ2n) is 4.15. The number of halogens is 3. The molecule has 0 aromatic heterocycles. The highest BCUT2D eigenvalue weighted by Gasteiger charge is 2.17. The average Bonchev–Trinajstić information content (AvgIpc) is 2.32. The summed E-state index contributed by atoms with van der Waals surface area (Å²) in [5, 5.41) is 0. The van der Waals surface area contributed by atoms with Crippen molar-refractivity contribution in [1.29, 1.82) is 0 Å². The van der Waals surface area contributed by atoms with Gasteiger partial charge in [0.2, 0.25) is 0 Å². The molecule has 2 N–H and O–H groups in total. The minimum atomic E-state index is -0.488. The Labute approximate surface area is 122 Å². The summed E-state index contributed by atoms with van der Waals surface area (Å²) >= 11 is 6.65. The van der Waals surface area contributed by atoms with Gasteiger partial charge in [-0.05, 0) is 46.1 Å². The van der Waals surface area contributed by atoms with Crippen LogP contribution in [0.15, 0.2) is 45.3 Å². The van der Waals surface area contributed by atoms with Crippen LogP contribution in [-0.4, -0.2) is 0 Å². The molecule has 0 spiro atoms. The van der Waals surface area contributed by atoms with Crippen LogP contribution in [0.2, 0.25) is 0 Å². The van der Waals surface area contributed by atoms with Crippen LogP contribution in [0, 0.1) is 12.7 Å². The highest BCUT2D eigenvalue weighted by Crippen LogP contribution is 2.31. The van der Waals surface area contributed by atoms with Gasteiger partial charge >= 0.3 is 0 Å². The van der Waals surface area contributed by atoms with Crippen LogP contribution >= 0.6 is 31.9 Å². The summed E-state index contributed by atoms with van der Waals surface area (Å²) in [7, 11) is 0. The number of rotatable bonds is 2. The van der Waals surface area contributed by atoms with Crippen molar-refractivity contribution in [2.45, 2.75) is 13.0 Å². The monoisotopic (exact) mass is 371 g/mol. The van der Waals surface area contributed by atoms with Gasteiger partial charge in [-0.25, -0.2) is 4.39 Å². The number of hydrogen-bond acceptors (Lipinski definition) is 1. The predicted molar refractivity (Wildman–Crippen MR) is 79.0 cm³/mol. The lowest BCUT2D eigenvalue weighted by Gasteiger charge is -2.16. The Hall–Kier alpha value is -0.710. The van der Waals surface area contributed by atoms with Crippen molar-refractivity contribution < 1.29 is 4.39 Å². The molecule has 0 heterocycles. The first kappa shape index (κ1) is 13.7. The summed E-state index contributed by atoms with van der Waals surface area (Å²) in [5.41, 5.74) is 8.63. The normalized spacial score (nSPS) is 12.5. The van der Waals surface area contributed by atoms with Gasteiger partial charge in [0.05, 0.1) is 10.5 Å². The second kappa shape index (κ2) is 5.51. The molecule has 2 aromatic carbocycles. The van der Waals surface area contributed by atoms with Crippen LogP contribution in [0.1, 0.15) is 22.7 Å². The minimum Gasteiger partial charge on any atom is -0.320 e. The molecule has 0 saturated heterocycles. The Balaban J connectivity index is 2.48. The molecule has 0 fully saturated rings. The summed E-state index contributed by atoms with van der Waals surface area (Å²) in [6.45, 7) is 2.00. The van der Waals surface area contributed by atoms with E-state index in [1.54, 1.807) is 18.2 Å². The highest BCUT2D eigenvalue weighted by atomic mass is 79.9. The van der Waals surface area contributed by atoms with Crippen LogP contribution in [0.25, 0.3) is 0 Å². The lowest BCUT2D eigenvalue weighted by atomic mass is 9.98. The van der Waals surface area contributed by atoms with Gasteiger partial charge in [-0.15, -0.1) is 0 Å². The fourth-order valence-corrected chi connectivity index (χ4v) is 2.93. The van der Waals surface area contributed by atoms with E-state index in [0.717, 1.165) is 15.6 Å². The lowest BCUT2D eigenvalue weighted by Crippen LogP contribution is -2.14. The molecule has 2 aromatic rings. The quantitative estimate of drug-likeness (QED) is 0.811. The molecule has 0 aliphatic heterocycles. The van der Waals surface area contributed by atoms with Crippen LogP contribution in [-0.2, 0) is 0 Å². The summed E-state index contributed by atoms with van der Waals surface area (Å²) in [4.78, 5) is 0. The molecule has 18 heavy (non-hydrogen) atoms. The molecule has 4 heteroatoms. The van der Waals surface area contributed by atoms with Crippen molar-refractivity contribution in [2.75, 3.05) is 0 Å². The third-order valence-electron chi connectivity index (χ3n) is 2.81. The molecule has 0 aliphatic rings. The van der Waals surface area contributed by atoms with Crippen molar-refractivity contribution in [3.63, 3.8) is 0 Å². The SMILES string of the molecule is Cc1ccc(C(N)c2cccc(Br)c2F)c(Br)c1. The van der Waals surface area contributed by atoms with Crippen molar-refractivity contribution in [2.24, 2.45) is 5.73 Å². The topological polar surface area (TPSA) is 26.0 Å². The Bertz CT molecular complexity index is 584. The molecule has 0 amide bonds. The van der Waals surface area contributed by atoms with Crippen molar-refractivity contribution in [1.82, 2.24) is 0 Å². The predicted octanol–water partition coefficient (Wildman–Crippen LogP) is 4.71. The molecule has 0 saturated carbocycles. The van der Waals surface area contributed by atoms with Gasteiger partial charge in [-0.3, -0.25) is 0 Å². The number of aryl methyl sites for hydroxylation is 1. The van der Waals surface area contributed by atoms with E-state index < -0.39 is 6.04 Å². The van der Waals surface area contributed by atoms with Crippen LogP contribution < -0.4 is 5.73 Å². The zero-order valence-corrected chi connectivity index (χ0v) is 12.9. The first-order valence-electron chi connectivity index (χ1n) is 5.46. The van der Waals surface area contributed by atoms with E-state index in [9.17, 15) is 4.39 Å². The molecular weight excluding hydrogens is 361 g/mol. The molecule has 2 rings (SSSR count). The van der Waals surface area contributed by atoms with Gasteiger partial charge in [-0.2, -0.15) is 0 Å². The van der Waals surface area contributed by atoms with Crippen molar-refractivity contribution in [3.8, 4) is 0 Å². The van der Waals surface area contributed by atoms with E-state index in [0.29, 0.717) is 10.0 Å². The van der Waals surface area contributed by atoms with Crippen LogP contribution in [0.5, 0.6) is 0 Å². The van der Waals surface area contributed by atoms with Crippen LogP contribution in [0.4, 0.5) is 4.39 Å². The van der Waals surface area contributed by atoms with Gasteiger partial charge in [0, 0.05) is 10.0 Å². The Morgan fingerprint density at radius 1 is 1.06 bits per heavy atom.